The first-order chi connectivity index (χ1) is 8.79. The van der Waals surface area contributed by atoms with Gasteiger partial charge in [0.25, 0.3) is 0 Å². The van der Waals surface area contributed by atoms with Gasteiger partial charge in [0.15, 0.2) is 5.78 Å². The van der Waals surface area contributed by atoms with Crippen LogP contribution < -0.4 is 0 Å². The van der Waals surface area contributed by atoms with E-state index in [1.165, 1.54) is 0 Å². The summed E-state index contributed by atoms with van der Waals surface area (Å²) in [6, 6.07) is 17.7. The minimum Gasteiger partial charge on any atom is -0.380 e. The smallest absolute Gasteiger partial charge is 0.195 e. The number of Topliss-reactive ketones (excluding diaryl/α,β-unsaturated/α-hetero) is 1. The van der Waals surface area contributed by atoms with Gasteiger partial charge in [-0.3, -0.25) is 4.79 Å². The fourth-order valence-corrected chi connectivity index (χ4v) is 1.55. The molecular weight excluding hydrogens is 224 g/mol. The van der Waals surface area contributed by atoms with Crippen molar-refractivity contribution in [3.05, 3.63) is 71.8 Å². The van der Waals surface area contributed by atoms with E-state index in [2.05, 4.69) is 0 Å². The van der Waals surface area contributed by atoms with Gasteiger partial charge in [0.05, 0.1) is 0 Å². The van der Waals surface area contributed by atoms with E-state index in [1.54, 1.807) is 48.5 Å². The van der Waals surface area contributed by atoms with Crippen LogP contribution in [0, 0.1) is 0 Å². The average Bonchev–Trinajstić information content (AvgIpc) is 2.49. The van der Waals surface area contributed by atoms with Gasteiger partial charge in [0.2, 0.25) is 0 Å². The summed E-state index contributed by atoms with van der Waals surface area (Å²) in [7, 11) is 0. The van der Waals surface area contributed by atoms with Gasteiger partial charge in [-0.25, -0.2) is 0 Å². The van der Waals surface area contributed by atoms with Crippen molar-refractivity contribution in [2.75, 3.05) is 0 Å². The van der Waals surface area contributed by atoms with Gasteiger partial charge in [-0.1, -0.05) is 74.5 Å². The van der Waals surface area contributed by atoms with Gasteiger partial charge in [-0.05, 0) is 5.56 Å². The first-order valence-electron chi connectivity index (χ1n) is 6.11. The predicted octanol–water partition coefficient (Wildman–Crippen LogP) is 3.63. The fraction of sp³-hybridized carbons (Fsp3) is 0.188. The summed E-state index contributed by atoms with van der Waals surface area (Å²) in [6.45, 7) is 4.00. The molecule has 0 amide bonds. The van der Waals surface area contributed by atoms with E-state index in [9.17, 15) is 9.90 Å². The van der Waals surface area contributed by atoms with Crippen LogP contribution in [0.2, 0.25) is 0 Å². The molecule has 2 aromatic carbocycles. The Bertz CT molecular complexity index is 463. The van der Waals surface area contributed by atoms with Crippen molar-refractivity contribution in [2.24, 2.45) is 0 Å². The Hall–Kier alpha value is -1.93. The van der Waals surface area contributed by atoms with Crippen molar-refractivity contribution in [1.29, 1.82) is 0 Å². The highest BCUT2D eigenvalue weighted by atomic mass is 16.3. The molecule has 0 saturated carbocycles. The summed E-state index contributed by atoms with van der Waals surface area (Å²) in [4.78, 5) is 11.9. The summed E-state index contributed by atoms with van der Waals surface area (Å²) in [5, 5.41) is 9.89. The number of hydrogen-bond donors (Lipinski definition) is 1. The van der Waals surface area contributed by atoms with Crippen molar-refractivity contribution in [3.8, 4) is 0 Å². The molecule has 0 heterocycles. The second kappa shape index (κ2) is 7.41. The molecule has 0 saturated heterocycles. The Morgan fingerprint density at radius 1 is 0.889 bits per heavy atom. The molecular formula is C16H18O2. The number of ketones is 1. The molecule has 0 aromatic heterocycles. The van der Waals surface area contributed by atoms with E-state index < -0.39 is 6.10 Å². The number of carbonyl (C=O) groups excluding carboxylic acids is 1. The minimum atomic E-state index is -1.08. The SMILES string of the molecule is CC.O=C(c1ccccc1)C(O)c1ccccc1. The minimum absolute atomic E-state index is 0.271. The van der Waals surface area contributed by atoms with Crippen LogP contribution in [-0.2, 0) is 0 Å². The van der Waals surface area contributed by atoms with Gasteiger partial charge >= 0.3 is 0 Å². The van der Waals surface area contributed by atoms with E-state index in [0.717, 1.165) is 0 Å². The summed E-state index contributed by atoms with van der Waals surface area (Å²) in [5.41, 5.74) is 1.15. The van der Waals surface area contributed by atoms with E-state index in [4.69, 9.17) is 0 Å². The number of aliphatic hydroxyl groups is 1. The van der Waals surface area contributed by atoms with Crippen LogP contribution in [-0.4, -0.2) is 10.9 Å². The van der Waals surface area contributed by atoms with E-state index >= 15 is 0 Å². The standard InChI is InChI=1S/C14H12O2.C2H6/c15-13(11-7-3-1-4-8-11)14(16)12-9-5-2-6-10-12;1-2/h1-10,13,15H;1-2H3. The third kappa shape index (κ3) is 3.54. The Morgan fingerprint density at radius 2 is 1.33 bits per heavy atom. The molecule has 0 aliphatic heterocycles. The summed E-state index contributed by atoms with van der Waals surface area (Å²) in [5.74, 6) is -0.271. The molecule has 2 aromatic rings. The Morgan fingerprint density at radius 3 is 1.83 bits per heavy atom. The van der Waals surface area contributed by atoms with Crippen LogP contribution in [0.4, 0.5) is 0 Å². The topological polar surface area (TPSA) is 37.3 Å². The first kappa shape index (κ1) is 14.1. The van der Waals surface area contributed by atoms with Crippen molar-refractivity contribution in [1.82, 2.24) is 0 Å². The lowest BCUT2D eigenvalue weighted by Crippen LogP contribution is -2.11. The summed E-state index contributed by atoms with van der Waals surface area (Å²) in [6.07, 6.45) is -1.08. The van der Waals surface area contributed by atoms with Crippen LogP contribution in [0.5, 0.6) is 0 Å². The number of carbonyl (C=O) groups is 1. The van der Waals surface area contributed by atoms with E-state index in [-0.39, 0.29) is 5.78 Å². The molecule has 0 bridgehead atoms. The lowest BCUT2D eigenvalue weighted by Gasteiger charge is -2.09. The monoisotopic (exact) mass is 242 g/mol. The first-order valence-corrected chi connectivity index (χ1v) is 6.11. The molecule has 1 unspecified atom stereocenters. The van der Waals surface area contributed by atoms with Crippen LogP contribution >= 0.6 is 0 Å². The molecule has 94 valence electrons. The molecule has 2 rings (SSSR count). The number of aliphatic hydroxyl groups excluding tert-OH is 1. The molecule has 1 N–H and O–H groups in total. The van der Waals surface area contributed by atoms with Crippen molar-refractivity contribution >= 4 is 5.78 Å². The highest BCUT2D eigenvalue weighted by molar-refractivity contribution is 5.99. The molecule has 1 atom stereocenters. The third-order valence-corrected chi connectivity index (χ3v) is 2.42. The largest absolute Gasteiger partial charge is 0.380 e. The maximum atomic E-state index is 11.9. The molecule has 0 spiro atoms. The Kier molecular flexibility index (Phi) is 5.81. The van der Waals surface area contributed by atoms with E-state index in [0.29, 0.717) is 11.1 Å². The van der Waals surface area contributed by atoms with Crippen molar-refractivity contribution < 1.29 is 9.90 Å². The van der Waals surface area contributed by atoms with Crippen molar-refractivity contribution in [2.45, 2.75) is 20.0 Å². The Labute approximate surface area is 108 Å². The van der Waals surface area contributed by atoms with Gasteiger partial charge < -0.3 is 5.11 Å². The normalized spacial score (nSPS) is 11.1. The molecule has 0 aliphatic carbocycles. The van der Waals surface area contributed by atoms with Crippen LogP contribution in [0.15, 0.2) is 60.7 Å². The van der Waals surface area contributed by atoms with Gasteiger partial charge in [-0.15, -0.1) is 0 Å². The lowest BCUT2D eigenvalue weighted by molar-refractivity contribution is 0.0747. The van der Waals surface area contributed by atoms with Gasteiger partial charge in [0, 0.05) is 5.56 Å². The maximum Gasteiger partial charge on any atom is 0.195 e. The average molecular weight is 242 g/mol. The molecule has 2 nitrogen and oxygen atoms in total. The predicted molar refractivity (Wildman–Crippen MR) is 73.5 cm³/mol. The second-order valence-corrected chi connectivity index (χ2v) is 3.54. The zero-order chi connectivity index (χ0) is 13.4. The maximum absolute atomic E-state index is 11.9. The zero-order valence-corrected chi connectivity index (χ0v) is 10.7. The van der Waals surface area contributed by atoms with Crippen LogP contribution in [0.3, 0.4) is 0 Å². The third-order valence-electron chi connectivity index (χ3n) is 2.42. The fourth-order valence-electron chi connectivity index (χ4n) is 1.55. The van der Waals surface area contributed by atoms with Crippen LogP contribution in [0.25, 0.3) is 0 Å². The summed E-state index contributed by atoms with van der Waals surface area (Å²) < 4.78 is 0. The van der Waals surface area contributed by atoms with Crippen LogP contribution in [0.1, 0.15) is 35.9 Å². The highest BCUT2D eigenvalue weighted by Gasteiger charge is 2.18. The molecule has 18 heavy (non-hydrogen) atoms. The van der Waals surface area contributed by atoms with Gasteiger partial charge in [0.1, 0.15) is 6.10 Å². The molecule has 2 heteroatoms. The number of hydrogen-bond acceptors (Lipinski definition) is 2. The number of rotatable bonds is 3. The Balaban J connectivity index is 0.000000771. The highest BCUT2D eigenvalue weighted by Crippen LogP contribution is 2.17. The molecule has 0 fully saturated rings. The quantitative estimate of drug-likeness (QED) is 0.834. The summed E-state index contributed by atoms with van der Waals surface area (Å²) >= 11 is 0. The zero-order valence-electron chi connectivity index (χ0n) is 10.7. The molecule has 0 radical (unpaired) electrons. The van der Waals surface area contributed by atoms with Crippen molar-refractivity contribution in [3.63, 3.8) is 0 Å². The second-order valence-electron chi connectivity index (χ2n) is 3.54. The molecule has 0 aliphatic rings. The number of benzene rings is 2. The lowest BCUT2D eigenvalue weighted by atomic mass is 10.0. The van der Waals surface area contributed by atoms with Gasteiger partial charge in [-0.2, -0.15) is 0 Å². The van der Waals surface area contributed by atoms with E-state index in [1.807, 2.05) is 26.0 Å².